The molecule has 0 unspecified atom stereocenters. The van der Waals surface area contributed by atoms with Crippen molar-refractivity contribution in [3.05, 3.63) is 40.6 Å². The Bertz CT molecular complexity index is 686. The highest BCUT2D eigenvalue weighted by atomic mass is 32.2. The van der Waals surface area contributed by atoms with Crippen molar-refractivity contribution >= 4 is 23.5 Å². The number of amides is 1. The standard InChI is InChI=1S/C16H19N3OS/c1-4-15(20)17-16-13-8-21-9-14(13)18-19(16)12-6-10(2)5-11(3)7-12/h5-7H,4,8-9H2,1-3H3,(H,17,20). The van der Waals surface area contributed by atoms with Crippen LogP contribution in [0, 0.1) is 13.8 Å². The zero-order chi connectivity index (χ0) is 15.0. The summed E-state index contributed by atoms with van der Waals surface area (Å²) in [5.41, 5.74) is 5.66. The molecule has 1 amide bonds. The predicted octanol–water partition coefficient (Wildman–Crippen LogP) is 3.58. The Kier molecular flexibility index (Phi) is 3.76. The maximum absolute atomic E-state index is 11.8. The first-order chi connectivity index (χ1) is 10.1. The molecular formula is C16H19N3OS. The average Bonchev–Trinajstić information content (AvgIpc) is 3.00. The summed E-state index contributed by atoms with van der Waals surface area (Å²) in [6.45, 7) is 6.02. The molecule has 5 heteroatoms. The predicted molar refractivity (Wildman–Crippen MR) is 87.0 cm³/mol. The SMILES string of the molecule is CCC(=O)Nc1c2c(nn1-c1cc(C)cc(C)c1)CSC2. The zero-order valence-electron chi connectivity index (χ0n) is 12.6. The van der Waals surface area contributed by atoms with Gasteiger partial charge in [-0.05, 0) is 37.1 Å². The topological polar surface area (TPSA) is 46.9 Å². The highest BCUT2D eigenvalue weighted by Crippen LogP contribution is 2.36. The largest absolute Gasteiger partial charge is 0.310 e. The Hall–Kier alpha value is -1.75. The number of hydrogen-bond donors (Lipinski definition) is 1. The molecule has 0 saturated carbocycles. The number of thioether (sulfide) groups is 1. The lowest BCUT2D eigenvalue weighted by Crippen LogP contribution is -2.14. The van der Waals surface area contributed by atoms with Crippen LogP contribution in [0.2, 0.25) is 0 Å². The van der Waals surface area contributed by atoms with Crippen LogP contribution in [0.15, 0.2) is 18.2 Å². The molecule has 0 fully saturated rings. The van der Waals surface area contributed by atoms with Gasteiger partial charge < -0.3 is 5.32 Å². The van der Waals surface area contributed by atoms with E-state index < -0.39 is 0 Å². The van der Waals surface area contributed by atoms with E-state index in [1.807, 2.05) is 23.4 Å². The fourth-order valence-corrected chi connectivity index (χ4v) is 3.66. The van der Waals surface area contributed by atoms with E-state index in [1.54, 1.807) is 0 Å². The minimum atomic E-state index is 0.0280. The number of carbonyl (C=O) groups excluding carboxylic acids is 1. The maximum Gasteiger partial charge on any atom is 0.225 e. The number of anilines is 1. The molecule has 1 aliphatic rings. The summed E-state index contributed by atoms with van der Waals surface area (Å²) < 4.78 is 1.89. The van der Waals surface area contributed by atoms with Gasteiger partial charge in [0.2, 0.25) is 5.91 Å². The van der Waals surface area contributed by atoms with E-state index in [1.165, 1.54) is 16.7 Å². The minimum absolute atomic E-state index is 0.0280. The summed E-state index contributed by atoms with van der Waals surface area (Å²) in [4.78, 5) is 11.8. The Labute approximate surface area is 128 Å². The van der Waals surface area contributed by atoms with Gasteiger partial charge in [-0.2, -0.15) is 16.9 Å². The molecule has 1 aliphatic heterocycles. The van der Waals surface area contributed by atoms with Gasteiger partial charge in [-0.3, -0.25) is 4.79 Å². The van der Waals surface area contributed by atoms with Crippen LogP contribution in [-0.4, -0.2) is 15.7 Å². The van der Waals surface area contributed by atoms with E-state index in [-0.39, 0.29) is 5.91 Å². The minimum Gasteiger partial charge on any atom is -0.310 e. The van der Waals surface area contributed by atoms with Gasteiger partial charge in [-0.15, -0.1) is 0 Å². The third-order valence-electron chi connectivity index (χ3n) is 3.58. The van der Waals surface area contributed by atoms with Gasteiger partial charge in [0.25, 0.3) is 0 Å². The molecule has 0 bridgehead atoms. The molecule has 0 aliphatic carbocycles. The Morgan fingerprint density at radius 1 is 1.29 bits per heavy atom. The second-order valence-corrected chi connectivity index (χ2v) is 6.41. The van der Waals surface area contributed by atoms with Gasteiger partial charge in [0.1, 0.15) is 5.82 Å². The molecule has 1 aromatic heterocycles. The van der Waals surface area contributed by atoms with Crippen molar-refractivity contribution in [1.29, 1.82) is 0 Å². The Balaban J connectivity index is 2.11. The molecule has 21 heavy (non-hydrogen) atoms. The number of carbonyl (C=O) groups is 1. The first kappa shape index (κ1) is 14.2. The van der Waals surface area contributed by atoms with Gasteiger partial charge in [0.15, 0.2) is 0 Å². The van der Waals surface area contributed by atoms with Crippen molar-refractivity contribution < 1.29 is 4.79 Å². The lowest BCUT2D eigenvalue weighted by molar-refractivity contribution is -0.115. The highest BCUT2D eigenvalue weighted by molar-refractivity contribution is 7.98. The third-order valence-corrected chi connectivity index (χ3v) is 4.55. The number of aromatic nitrogens is 2. The number of nitrogens with one attached hydrogen (secondary N) is 1. The van der Waals surface area contributed by atoms with E-state index in [4.69, 9.17) is 5.10 Å². The van der Waals surface area contributed by atoms with Crippen LogP contribution in [-0.2, 0) is 16.3 Å². The van der Waals surface area contributed by atoms with Gasteiger partial charge in [-0.25, -0.2) is 4.68 Å². The van der Waals surface area contributed by atoms with Gasteiger partial charge >= 0.3 is 0 Å². The number of fused-ring (bicyclic) bond motifs is 1. The number of benzene rings is 1. The van der Waals surface area contributed by atoms with Crippen molar-refractivity contribution in [2.45, 2.75) is 38.7 Å². The Morgan fingerprint density at radius 3 is 2.67 bits per heavy atom. The lowest BCUT2D eigenvalue weighted by Gasteiger charge is -2.11. The fraction of sp³-hybridized carbons (Fsp3) is 0.375. The highest BCUT2D eigenvalue weighted by Gasteiger charge is 2.24. The first-order valence-electron chi connectivity index (χ1n) is 7.15. The molecule has 1 N–H and O–H groups in total. The molecule has 4 nitrogen and oxygen atoms in total. The van der Waals surface area contributed by atoms with Crippen molar-refractivity contribution in [3.8, 4) is 5.69 Å². The summed E-state index contributed by atoms with van der Waals surface area (Å²) in [5, 5.41) is 7.74. The van der Waals surface area contributed by atoms with E-state index >= 15 is 0 Å². The molecule has 1 aromatic carbocycles. The van der Waals surface area contributed by atoms with E-state index in [9.17, 15) is 4.79 Å². The van der Waals surface area contributed by atoms with Crippen LogP contribution in [0.4, 0.5) is 5.82 Å². The van der Waals surface area contributed by atoms with E-state index in [2.05, 4.69) is 37.4 Å². The smallest absolute Gasteiger partial charge is 0.225 e. The number of hydrogen-bond acceptors (Lipinski definition) is 3. The van der Waals surface area contributed by atoms with Crippen LogP contribution >= 0.6 is 11.8 Å². The Morgan fingerprint density at radius 2 is 2.00 bits per heavy atom. The second-order valence-electron chi connectivity index (χ2n) is 5.43. The average molecular weight is 301 g/mol. The zero-order valence-corrected chi connectivity index (χ0v) is 13.4. The van der Waals surface area contributed by atoms with Gasteiger partial charge in [0.05, 0.1) is 11.4 Å². The normalized spacial score (nSPS) is 13.3. The summed E-state index contributed by atoms with van der Waals surface area (Å²) in [7, 11) is 0. The van der Waals surface area contributed by atoms with Crippen LogP contribution in [0.25, 0.3) is 5.69 Å². The molecule has 0 atom stereocenters. The number of aryl methyl sites for hydroxylation is 2. The molecular weight excluding hydrogens is 282 g/mol. The van der Waals surface area contributed by atoms with E-state index in [0.29, 0.717) is 6.42 Å². The lowest BCUT2D eigenvalue weighted by atomic mass is 10.1. The van der Waals surface area contributed by atoms with Crippen molar-refractivity contribution in [2.75, 3.05) is 5.32 Å². The van der Waals surface area contributed by atoms with Crippen LogP contribution in [0.5, 0.6) is 0 Å². The van der Waals surface area contributed by atoms with Crippen LogP contribution in [0.1, 0.15) is 35.7 Å². The molecule has 0 spiro atoms. The van der Waals surface area contributed by atoms with Crippen molar-refractivity contribution in [2.24, 2.45) is 0 Å². The summed E-state index contributed by atoms with van der Waals surface area (Å²) in [6, 6.07) is 6.34. The number of nitrogens with zero attached hydrogens (tertiary/aromatic N) is 2. The molecule has 0 saturated heterocycles. The first-order valence-corrected chi connectivity index (χ1v) is 8.31. The quantitative estimate of drug-likeness (QED) is 0.942. The van der Waals surface area contributed by atoms with Gasteiger partial charge in [-0.1, -0.05) is 13.0 Å². The monoisotopic (exact) mass is 301 g/mol. The molecule has 3 rings (SSSR count). The van der Waals surface area contributed by atoms with Crippen LogP contribution < -0.4 is 5.32 Å². The summed E-state index contributed by atoms with van der Waals surface area (Å²) in [6.07, 6.45) is 0.472. The summed E-state index contributed by atoms with van der Waals surface area (Å²) in [5.74, 6) is 2.70. The van der Waals surface area contributed by atoms with Crippen molar-refractivity contribution in [3.63, 3.8) is 0 Å². The fourth-order valence-electron chi connectivity index (χ4n) is 2.62. The third kappa shape index (κ3) is 2.70. The van der Waals surface area contributed by atoms with E-state index in [0.717, 1.165) is 28.7 Å². The maximum atomic E-state index is 11.8. The van der Waals surface area contributed by atoms with Crippen LogP contribution in [0.3, 0.4) is 0 Å². The molecule has 0 radical (unpaired) electrons. The molecule has 110 valence electrons. The molecule has 2 heterocycles. The molecule has 2 aromatic rings. The van der Waals surface area contributed by atoms with Crippen molar-refractivity contribution in [1.82, 2.24) is 9.78 Å². The van der Waals surface area contributed by atoms with Gasteiger partial charge in [0, 0.05) is 23.5 Å². The summed E-state index contributed by atoms with van der Waals surface area (Å²) >= 11 is 1.84. The second kappa shape index (κ2) is 5.56. The number of rotatable bonds is 3.